The van der Waals surface area contributed by atoms with Crippen molar-refractivity contribution in [2.75, 3.05) is 7.11 Å². The number of aryl methyl sites for hydroxylation is 1. The summed E-state index contributed by atoms with van der Waals surface area (Å²) in [4.78, 5) is 11.2. The summed E-state index contributed by atoms with van der Waals surface area (Å²) in [6.45, 7) is 0. The number of rotatable bonds is 1. The smallest absolute Gasteiger partial charge is 0.357 e. The van der Waals surface area contributed by atoms with Crippen LogP contribution in [0.5, 0.6) is 0 Å². The third-order valence-electron chi connectivity index (χ3n) is 1.33. The number of hydrogen-bond donors (Lipinski definition) is 0. The van der Waals surface area contributed by atoms with E-state index < -0.39 is 0 Å². The van der Waals surface area contributed by atoms with Gasteiger partial charge in [0.25, 0.3) is 0 Å². The largest absolute Gasteiger partial charge is 0.464 e. The number of halogens is 2. The number of ether oxygens (including phenoxy) is 1. The Hall–Kier alpha value is 0.140. The molecule has 0 aliphatic carbocycles. The van der Waals surface area contributed by atoms with Gasteiger partial charge in [-0.05, 0) is 45.2 Å². The van der Waals surface area contributed by atoms with E-state index >= 15 is 0 Å². The first kappa shape index (κ1) is 10.2. The fourth-order valence-corrected chi connectivity index (χ4v) is 2.04. The minimum atomic E-state index is -0.350. The Morgan fingerprint density at radius 3 is 2.50 bits per heavy atom. The third kappa shape index (κ3) is 1.73. The van der Waals surface area contributed by atoms with Crippen molar-refractivity contribution in [3.05, 3.63) is 13.0 Å². The zero-order valence-corrected chi connectivity index (χ0v) is 10.8. The lowest BCUT2D eigenvalue weighted by molar-refractivity contribution is 0.0587. The van der Waals surface area contributed by atoms with E-state index in [0.29, 0.717) is 5.69 Å². The zero-order chi connectivity index (χ0) is 9.30. The molecular weight excluding hydrogens is 386 g/mol. The lowest BCUT2D eigenvalue weighted by Crippen LogP contribution is -2.09. The second-order valence-corrected chi connectivity index (χ2v) is 4.17. The summed E-state index contributed by atoms with van der Waals surface area (Å²) in [5, 5.41) is 4.07. The Balaban J connectivity index is 3.22. The second-order valence-electron chi connectivity index (χ2n) is 2.07. The average Bonchev–Trinajstić information content (AvgIpc) is 2.26. The van der Waals surface area contributed by atoms with Gasteiger partial charge in [0, 0.05) is 7.05 Å². The van der Waals surface area contributed by atoms with E-state index in [1.165, 1.54) is 11.8 Å². The molecule has 0 aliphatic rings. The van der Waals surface area contributed by atoms with Crippen molar-refractivity contribution in [1.82, 2.24) is 9.78 Å². The minimum absolute atomic E-state index is 0.350. The summed E-state index contributed by atoms with van der Waals surface area (Å²) >= 11 is 4.15. The summed E-state index contributed by atoms with van der Waals surface area (Å²) in [7, 11) is 3.08. The molecule has 0 radical (unpaired) electrons. The van der Waals surface area contributed by atoms with Crippen LogP contribution in [-0.4, -0.2) is 22.9 Å². The van der Waals surface area contributed by atoms with Crippen LogP contribution >= 0.6 is 45.2 Å². The standard InChI is InChI=1S/C6H6I2N2O2/c1-10-4(6(11)12-2)3(7)5(8)9-10/h1-2H3. The van der Waals surface area contributed by atoms with Gasteiger partial charge in [-0.25, -0.2) is 4.79 Å². The number of hydrogen-bond acceptors (Lipinski definition) is 3. The predicted octanol–water partition coefficient (Wildman–Crippen LogP) is 1.42. The molecule has 1 aromatic heterocycles. The van der Waals surface area contributed by atoms with Gasteiger partial charge >= 0.3 is 5.97 Å². The quantitative estimate of drug-likeness (QED) is 0.537. The normalized spacial score (nSPS) is 10.0. The van der Waals surface area contributed by atoms with Gasteiger partial charge in [0.15, 0.2) is 5.69 Å². The molecule has 6 heteroatoms. The van der Waals surface area contributed by atoms with E-state index in [4.69, 9.17) is 0 Å². The van der Waals surface area contributed by atoms with Crippen molar-refractivity contribution in [1.29, 1.82) is 0 Å². The summed E-state index contributed by atoms with van der Waals surface area (Å²) < 4.78 is 7.78. The monoisotopic (exact) mass is 392 g/mol. The van der Waals surface area contributed by atoms with Gasteiger partial charge in [-0.3, -0.25) is 4.68 Å². The molecule has 0 aliphatic heterocycles. The number of carbonyl (C=O) groups is 1. The van der Waals surface area contributed by atoms with Gasteiger partial charge in [0.2, 0.25) is 0 Å². The van der Waals surface area contributed by atoms with Gasteiger partial charge in [-0.1, -0.05) is 0 Å². The Morgan fingerprint density at radius 1 is 1.58 bits per heavy atom. The van der Waals surface area contributed by atoms with Crippen molar-refractivity contribution in [3.63, 3.8) is 0 Å². The molecule has 0 saturated carbocycles. The number of nitrogens with zero attached hydrogens (tertiary/aromatic N) is 2. The predicted molar refractivity (Wildman–Crippen MR) is 60.0 cm³/mol. The lowest BCUT2D eigenvalue weighted by atomic mass is 10.4. The minimum Gasteiger partial charge on any atom is -0.464 e. The van der Waals surface area contributed by atoms with E-state index in [-0.39, 0.29) is 5.97 Å². The number of methoxy groups -OCH3 is 1. The molecule has 0 unspecified atom stereocenters. The highest BCUT2D eigenvalue weighted by Crippen LogP contribution is 2.18. The SMILES string of the molecule is COC(=O)c1c(I)c(I)nn1C. The molecule has 0 amide bonds. The Kier molecular flexibility index (Phi) is 3.32. The van der Waals surface area contributed by atoms with Crippen LogP contribution in [0.2, 0.25) is 0 Å². The number of carbonyl (C=O) groups excluding carboxylic acids is 1. The Labute approximate surface area is 96.9 Å². The topological polar surface area (TPSA) is 44.1 Å². The number of aromatic nitrogens is 2. The molecule has 1 aromatic rings. The van der Waals surface area contributed by atoms with E-state index in [9.17, 15) is 4.79 Å². The maximum absolute atomic E-state index is 11.2. The zero-order valence-electron chi connectivity index (χ0n) is 6.47. The second kappa shape index (κ2) is 3.90. The molecule has 4 nitrogen and oxygen atoms in total. The molecule has 0 fully saturated rings. The van der Waals surface area contributed by atoms with Crippen LogP contribution in [0, 0.1) is 7.27 Å². The summed E-state index contributed by atoms with van der Waals surface area (Å²) in [5.41, 5.74) is 0.502. The molecule has 0 aromatic carbocycles. The van der Waals surface area contributed by atoms with Crippen molar-refractivity contribution >= 4 is 51.2 Å². The number of esters is 1. The fraction of sp³-hybridized carbons (Fsp3) is 0.333. The molecule has 1 heterocycles. The van der Waals surface area contributed by atoms with Crippen LogP contribution in [-0.2, 0) is 11.8 Å². The molecule has 0 atom stereocenters. The highest BCUT2D eigenvalue weighted by Gasteiger charge is 2.18. The molecule has 0 bridgehead atoms. The molecule has 0 spiro atoms. The van der Waals surface area contributed by atoms with E-state index in [1.807, 2.05) is 0 Å². The van der Waals surface area contributed by atoms with Crippen LogP contribution in [0.3, 0.4) is 0 Å². The van der Waals surface area contributed by atoms with Crippen LogP contribution in [0.25, 0.3) is 0 Å². The van der Waals surface area contributed by atoms with Gasteiger partial charge in [-0.2, -0.15) is 5.10 Å². The van der Waals surface area contributed by atoms with E-state index in [0.717, 1.165) is 7.27 Å². The summed E-state index contributed by atoms with van der Waals surface area (Å²) in [6.07, 6.45) is 0. The van der Waals surface area contributed by atoms with Crippen molar-refractivity contribution in [2.24, 2.45) is 7.05 Å². The highest BCUT2D eigenvalue weighted by atomic mass is 127. The summed E-state index contributed by atoms with van der Waals surface area (Å²) in [6, 6.07) is 0. The Morgan fingerprint density at radius 2 is 2.17 bits per heavy atom. The van der Waals surface area contributed by atoms with Crippen molar-refractivity contribution in [3.8, 4) is 0 Å². The molecule has 66 valence electrons. The molecule has 0 saturated heterocycles. The van der Waals surface area contributed by atoms with Crippen molar-refractivity contribution < 1.29 is 9.53 Å². The van der Waals surface area contributed by atoms with E-state index in [2.05, 4.69) is 55.0 Å². The first-order valence-corrected chi connectivity index (χ1v) is 5.20. The average molecular weight is 392 g/mol. The van der Waals surface area contributed by atoms with Crippen LogP contribution in [0.1, 0.15) is 10.5 Å². The van der Waals surface area contributed by atoms with E-state index in [1.54, 1.807) is 7.05 Å². The molecule has 1 rings (SSSR count). The van der Waals surface area contributed by atoms with Gasteiger partial charge in [0.1, 0.15) is 3.70 Å². The Bertz CT molecular complexity index is 322. The van der Waals surface area contributed by atoms with Gasteiger partial charge in [-0.15, -0.1) is 0 Å². The summed E-state index contributed by atoms with van der Waals surface area (Å²) in [5.74, 6) is -0.350. The maximum Gasteiger partial charge on any atom is 0.357 e. The van der Waals surface area contributed by atoms with Gasteiger partial charge < -0.3 is 4.74 Å². The highest BCUT2D eigenvalue weighted by molar-refractivity contribution is 14.1. The van der Waals surface area contributed by atoms with Crippen LogP contribution < -0.4 is 0 Å². The molecular formula is C6H6I2N2O2. The molecule has 0 N–H and O–H groups in total. The molecule has 12 heavy (non-hydrogen) atoms. The van der Waals surface area contributed by atoms with Crippen molar-refractivity contribution in [2.45, 2.75) is 0 Å². The maximum atomic E-state index is 11.2. The van der Waals surface area contributed by atoms with Crippen LogP contribution in [0.15, 0.2) is 0 Å². The van der Waals surface area contributed by atoms with Crippen LogP contribution in [0.4, 0.5) is 0 Å². The van der Waals surface area contributed by atoms with Gasteiger partial charge in [0.05, 0.1) is 10.7 Å². The third-order valence-corrected chi connectivity index (χ3v) is 4.14. The fourth-order valence-electron chi connectivity index (χ4n) is 0.784. The lowest BCUT2D eigenvalue weighted by Gasteiger charge is -1.98. The first-order chi connectivity index (χ1) is 5.57. The first-order valence-electron chi connectivity index (χ1n) is 3.04.